The van der Waals surface area contributed by atoms with Gasteiger partial charge in [0, 0.05) is 17.8 Å². The number of hydrogen-bond acceptors (Lipinski definition) is 3. The first-order valence-corrected chi connectivity index (χ1v) is 8.65. The summed E-state index contributed by atoms with van der Waals surface area (Å²) in [5.74, 6) is -0.159. The van der Waals surface area contributed by atoms with Crippen molar-refractivity contribution in [1.82, 2.24) is 5.32 Å². The van der Waals surface area contributed by atoms with E-state index in [4.69, 9.17) is 16.3 Å². The number of piperidine rings is 1. The number of rotatable bonds is 4. The summed E-state index contributed by atoms with van der Waals surface area (Å²) >= 11 is 5.93. The summed E-state index contributed by atoms with van der Waals surface area (Å²) in [5, 5.41) is 6.23. The average molecular weight is 363 g/mol. The van der Waals surface area contributed by atoms with E-state index in [1.165, 1.54) is 12.1 Å². The molecular weight excluding hydrogens is 343 g/mol. The van der Waals surface area contributed by atoms with E-state index in [-0.39, 0.29) is 16.7 Å². The number of ether oxygens (including phenoxy) is 1. The van der Waals surface area contributed by atoms with Gasteiger partial charge in [-0.05, 0) is 56.6 Å². The van der Waals surface area contributed by atoms with E-state index in [1.54, 1.807) is 12.1 Å². The Morgan fingerprint density at radius 2 is 2.16 bits per heavy atom. The largest absolute Gasteiger partial charge is 0.490 e. The van der Waals surface area contributed by atoms with E-state index < -0.39 is 11.7 Å². The van der Waals surface area contributed by atoms with E-state index in [0.717, 1.165) is 25.5 Å². The third-order valence-corrected chi connectivity index (χ3v) is 4.46. The van der Waals surface area contributed by atoms with Crippen molar-refractivity contribution in [2.45, 2.75) is 31.9 Å². The molecule has 3 rings (SSSR count). The summed E-state index contributed by atoms with van der Waals surface area (Å²) in [7, 11) is 0. The molecule has 132 valence electrons. The van der Waals surface area contributed by atoms with Gasteiger partial charge in [-0.3, -0.25) is 4.79 Å². The Morgan fingerprint density at radius 1 is 1.32 bits per heavy atom. The number of halogens is 2. The van der Waals surface area contributed by atoms with E-state index in [1.807, 2.05) is 12.1 Å². The van der Waals surface area contributed by atoms with Gasteiger partial charge in [-0.2, -0.15) is 0 Å². The van der Waals surface area contributed by atoms with Gasteiger partial charge in [-0.1, -0.05) is 17.7 Å². The molecule has 1 saturated heterocycles. The van der Waals surface area contributed by atoms with Gasteiger partial charge in [0.05, 0.1) is 10.6 Å². The molecule has 4 nitrogen and oxygen atoms in total. The first-order valence-electron chi connectivity index (χ1n) is 8.28. The van der Waals surface area contributed by atoms with Crippen LogP contribution in [-0.2, 0) is 0 Å². The Hall–Kier alpha value is -2.11. The Kier molecular flexibility index (Phi) is 5.56. The Labute approximate surface area is 151 Å². The quantitative estimate of drug-likeness (QED) is 0.854. The molecule has 1 heterocycles. The van der Waals surface area contributed by atoms with Gasteiger partial charge in [-0.25, -0.2) is 4.39 Å². The Morgan fingerprint density at radius 3 is 2.92 bits per heavy atom. The molecule has 2 aromatic rings. The third kappa shape index (κ3) is 4.71. The molecule has 0 bridgehead atoms. The lowest BCUT2D eigenvalue weighted by atomic mass is 10.0. The molecule has 2 aromatic carbocycles. The van der Waals surface area contributed by atoms with E-state index in [0.29, 0.717) is 17.5 Å². The Bertz CT molecular complexity index is 769. The number of amides is 1. The standard InChI is InChI=1S/C19H20ClFN2O2/c1-12-9-16(7-8-22-12)25-15-4-2-3-14(11-15)23-19(24)17-6-5-13(21)10-18(17)20/h2-6,10-12,16,22H,7-9H2,1H3,(H,23,24)/t12-,16-/m1/s1. The van der Waals surface area contributed by atoms with Crippen molar-refractivity contribution in [3.8, 4) is 5.75 Å². The minimum atomic E-state index is -0.479. The maximum atomic E-state index is 13.1. The first-order chi connectivity index (χ1) is 12.0. The molecule has 0 saturated carbocycles. The molecule has 0 spiro atoms. The molecule has 2 N–H and O–H groups in total. The monoisotopic (exact) mass is 362 g/mol. The lowest BCUT2D eigenvalue weighted by molar-refractivity contribution is 0.102. The van der Waals surface area contributed by atoms with Crippen LogP contribution in [0.1, 0.15) is 30.1 Å². The van der Waals surface area contributed by atoms with E-state index in [2.05, 4.69) is 17.6 Å². The number of hydrogen-bond donors (Lipinski definition) is 2. The third-order valence-electron chi connectivity index (χ3n) is 4.15. The highest BCUT2D eigenvalue weighted by molar-refractivity contribution is 6.34. The minimum Gasteiger partial charge on any atom is -0.490 e. The molecule has 1 aliphatic heterocycles. The zero-order chi connectivity index (χ0) is 17.8. The molecule has 6 heteroatoms. The van der Waals surface area contributed by atoms with Gasteiger partial charge in [0.2, 0.25) is 0 Å². The van der Waals surface area contributed by atoms with Crippen molar-refractivity contribution < 1.29 is 13.9 Å². The highest BCUT2D eigenvalue weighted by Gasteiger charge is 2.20. The number of anilines is 1. The Balaban J connectivity index is 1.67. The highest BCUT2D eigenvalue weighted by Crippen LogP contribution is 2.24. The lowest BCUT2D eigenvalue weighted by Crippen LogP contribution is -2.40. The summed E-state index contributed by atoms with van der Waals surface area (Å²) in [6.45, 7) is 3.07. The SMILES string of the molecule is C[C@@H]1C[C@H](Oc2cccc(NC(=O)c3ccc(F)cc3Cl)c2)CCN1. The number of carbonyl (C=O) groups is 1. The summed E-state index contributed by atoms with van der Waals surface area (Å²) in [6, 6.07) is 11.4. The van der Waals surface area contributed by atoms with Crippen LogP contribution < -0.4 is 15.4 Å². The molecule has 1 amide bonds. The van der Waals surface area contributed by atoms with Gasteiger partial charge >= 0.3 is 0 Å². The van der Waals surface area contributed by atoms with Crippen LogP contribution in [0.5, 0.6) is 5.75 Å². The van der Waals surface area contributed by atoms with Crippen LogP contribution >= 0.6 is 11.6 Å². The topological polar surface area (TPSA) is 50.4 Å². The average Bonchev–Trinajstić information content (AvgIpc) is 2.55. The maximum Gasteiger partial charge on any atom is 0.257 e. The van der Waals surface area contributed by atoms with E-state index in [9.17, 15) is 9.18 Å². The smallest absolute Gasteiger partial charge is 0.257 e. The van der Waals surface area contributed by atoms with Crippen molar-refractivity contribution in [1.29, 1.82) is 0 Å². The number of benzene rings is 2. The van der Waals surface area contributed by atoms with Crippen LogP contribution in [-0.4, -0.2) is 24.6 Å². The fourth-order valence-electron chi connectivity index (χ4n) is 2.90. The lowest BCUT2D eigenvalue weighted by Gasteiger charge is -2.28. The van der Waals surface area contributed by atoms with Crippen LogP contribution in [0, 0.1) is 5.82 Å². The maximum absolute atomic E-state index is 13.1. The normalized spacial score (nSPS) is 20.1. The zero-order valence-electron chi connectivity index (χ0n) is 13.9. The van der Waals surface area contributed by atoms with Gasteiger partial charge in [0.1, 0.15) is 17.7 Å². The van der Waals surface area contributed by atoms with Gasteiger partial charge in [0.15, 0.2) is 0 Å². The fraction of sp³-hybridized carbons (Fsp3) is 0.316. The number of carbonyl (C=O) groups excluding carboxylic acids is 1. The molecule has 0 radical (unpaired) electrons. The van der Waals surface area contributed by atoms with Gasteiger partial charge in [0.25, 0.3) is 5.91 Å². The van der Waals surface area contributed by atoms with Crippen molar-refractivity contribution in [2.75, 3.05) is 11.9 Å². The molecule has 0 aromatic heterocycles. The van der Waals surface area contributed by atoms with Gasteiger partial charge < -0.3 is 15.4 Å². The molecule has 2 atom stereocenters. The first kappa shape index (κ1) is 17.7. The van der Waals surface area contributed by atoms with E-state index >= 15 is 0 Å². The molecule has 0 unspecified atom stereocenters. The van der Waals surface area contributed by atoms with Crippen LogP contribution in [0.2, 0.25) is 5.02 Å². The molecule has 1 aliphatic rings. The second-order valence-corrected chi connectivity index (χ2v) is 6.63. The fourth-order valence-corrected chi connectivity index (χ4v) is 3.16. The van der Waals surface area contributed by atoms with Crippen molar-refractivity contribution in [3.63, 3.8) is 0 Å². The second-order valence-electron chi connectivity index (χ2n) is 6.23. The minimum absolute atomic E-state index is 0.0774. The second kappa shape index (κ2) is 7.85. The van der Waals surface area contributed by atoms with Crippen LogP contribution in [0.4, 0.5) is 10.1 Å². The highest BCUT2D eigenvalue weighted by atomic mass is 35.5. The summed E-state index contributed by atoms with van der Waals surface area (Å²) in [4.78, 5) is 12.3. The van der Waals surface area contributed by atoms with Crippen molar-refractivity contribution >= 4 is 23.2 Å². The van der Waals surface area contributed by atoms with Crippen LogP contribution in [0.25, 0.3) is 0 Å². The van der Waals surface area contributed by atoms with Crippen LogP contribution in [0.15, 0.2) is 42.5 Å². The van der Waals surface area contributed by atoms with Crippen molar-refractivity contribution in [2.24, 2.45) is 0 Å². The van der Waals surface area contributed by atoms with Crippen molar-refractivity contribution in [3.05, 3.63) is 58.9 Å². The summed E-state index contributed by atoms with van der Waals surface area (Å²) < 4.78 is 19.1. The predicted molar refractivity (Wildman–Crippen MR) is 96.9 cm³/mol. The summed E-state index contributed by atoms with van der Waals surface area (Å²) in [6.07, 6.45) is 2.06. The number of nitrogens with one attached hydrogen (secondary N) is 2. The molecule has 1 fully saturated rings. The predicted octanol–water partition coefficient (Wildman–Crippen LogP) is 4.25. The molecule has 25 heavy (non-hydrogen) atoms. The van der Waals surface area contributed by atoms with Crippen LogP contribution in [0.3, 0.4) is 0 Å². The zero-order valence-corrected chi connectivity index (χ0v) is 14.6. The van der Waals surface area contributed by atoms with Gasteiger partial charge in [-0.15, -0.1) is 0 Å². The summed E-state index contributed by atoms with van der Waals surface area (Å²) in [5.41, 5.74) is 0.825. The molecule has 0 aliphatic carbocycles. The molecular formula is C19H20ClFN2O2.